The molecule has 1 aromatic carbocycles. The van der Waals surface area contributed by atoms with E-state index in [-0.39, 0.29) is 18.2 Å². The van der Waals surface area contributed by atoms with Crippen LogP contribution in [0.25, 0.3) is 0 Å². The van der Waals surface area contributed by atoms with Crippen LogP contribution in [0, 0.1) is 5.92 Å². The summed E-state index contributed by atoms with van der Waals surface area (Å²) in [7, 11) is 3.08. The summed E-state index contributed by atoms with van der Waals surface area (Å²) < 4.78 is 10.4. The minimum absolute atomic E-state index is 0.0896. The molecule has 22 heavy (non-hydrogen) atoms. The highest BCUT2D eigenvalue weighted by molar-refractivity contribution is 5.97. The van der Waals surface area contributed by atoms with Crippen molar-refractivity contribution in [2.75, 3.05) is 27.3 Å². The first-order valence-corrected chi connectivity index (χ1v) is 7.28. The SMILES string of the molecule is COc1ccc(C(=O)N2CCC(CC(=O)O)CC2)c(OC)c1. The highest BCUT2D eigenvalue weighted by atomic mass is 16.5. The van der Waals surface area contributed by atoms with Gasteiger partial charge in [-0.1, -0.05) is 0 Å². The Bertz CT molecular complexity index is 549. The molecule has 0 saturated carbocycles. The largest absolute Gasteiger partial charge is 0.497 e. The van der Waals surface area contributed by atoms with Crippen molar-refractivity contribution in [3.8, 4) is 11.5 Å². The second-order valence-electron chi connectivity index (χ2n) is 5.40. The Morgan fingerprint density at radius 3 is 2.45 bits per heavy atom. The molecule has 0 bridgehead atoms. The second-order valence-corrected chi connectivity index (χ2v) is 5.40. The van der Waals surface area contributed by atoms with E-state index in [1.165, 1.54) is 7.11 Å². The summed E-state index contributed by atoms with van der Waals surface area (Å²) in [5.41, 5.74) is 0.500. The van der Waals surface area contributed by atoms with Crippen molar-refractivity contribution >= 4 is 11.9 Å². The minimum Gasteiger partial charge on any atom is -0.497 e. The highest BCUT2D eigenvalue weighted by Crippen LogP contribution is 2.28. The molecule has 0 radical (unpaired) electrons. The number of hydrogen-bond donors (Lipinski definition) is 1. The number of carbonyl (C=O) groups excluding carboxylic acids is 1. The van der Waals surface area contributed by atoms with Crippen LogP contribution in [0.4, 0.5) is 0 Å². The number of carboxylic acids is 1. The van der Waals surface area contributed by atoms with E-state index in [9.17, 15) is 9.59 Å². The fourth-order valence-corrected chi connectivity index (χ4v) is 2.73. The molecule has 1 fully saturated rings. The Morgan fingerprint density at radius 1 is 1.23 bits per heavy atom. The summed E-state index contributed by atoms with van der Waals surface area (Å²) in [4.78, 5) is 25.1. The molecule has 1 N–H and O–H groups in total. The van der Waals surface area contributed by atoms with Crippen LogP contribution in [0.5, 0.6) is 11.5 Å². The first kappa shape index (κ1) is 16.1. The third-order valence-corrected chi connectivity index (χ3v) is 4.00. The maximum Gasteiger partial charge on any atom is 0.303 e. The van der Waals surface area contributed by atoms with E-state index in [1.807, 2.05) is 0 Å². The molecule has 1 saturated heterocycles. The Morgan fingerprint density at radius 2 is 1.91 bits per heavy atom. The molecule has 0 aromatic heterocycles. The molecule has 1 aromatic rings. The van der Waals surface area contributed by atoms with Crippen molar-refractivity contribution in [1.29, 1.82) is 0 Å². The van der Waals surface area contributed by atoms with E-state index in [0.717, 1.165) is 12.8 Å². The number of hydrogen-bond acceptors (Lipinski definition) is 4. The Hall–Kier alpha value is -2.24. The number of rotatable bonds is 5. The number of amides is 1. The van der Waals surface area contributed by atoms with Crippen molar-refractivity contribution in [2.24, 2.45) is 5.92 Å². The molecule has 0 spiro atoms. The van der Waals surface area contributed by atoms with E-state index in [1.54, 1.807) is 30.2 Å². The molecule has 2 rings (SSSR count). The molecule has 1 heterocycles. The van der Waals surface area contributed by atoms with Gasteiger partial charge in [-0.3, -0.25) is 9.59 Å². The van der Waals surface area contributed by atoms with Crippen LogP contribution in [0.15, 0.2) is 18.2 Å². The third kappa shape index (κ3) is 3.69. The van der Waals surface area contributed by atoms with E-state index in [0.29, 0.717) is 30.2 Å². The minimum atomic E-state index is -0.776. The summed E-state index contributed by atoms with van der Waals surface area (Å²) in [5, 5.41) is 8.83. The fraction of sp³-hybridized carbons (Fsp3) is 0.500. The molecule has 0 aliphatic carbocycles. The number of methoxy groups -OCH3 is 2. The lowest BCUT2D eigenvalue weighted by atomic mass is 9.93. The van der Waals surface area contributed by atoms with Crippen LogP contribution in [-0.4, -0.2) is 49.2 Å². The highest BCUT2D eigenvalue weighted by Gasteiger charge is 2.26. The first-order chi connectivity index (χ1) is 10.5. The lowest BCUT2D eigenvalue weighted by Crippen LogP contribution is -2.39. The van der Waals surface area contributed by atoms with Gasteiger partial charge in [-0.25, -0.2) is 0 Å². The summed E-state index contributed by atoms with van der Waals surface area (Å²) in [6, 6.07) is 5.11. The average Bonchev–Trinajstić information content (AvgIpc) is 2.53. The van der Waals surface area contributed by atoms with Crippen molar-refractivity contribution < 1.29 is 24.2 Å². The number of nitrogens with zero attached hydrogens (tertiary/aromatic N) is 1. The zero-order chi connectivity index (χ0) is 16.1. The zero-order valence-corrected chi connectivity index (χ0v) is 12.9. The van der Waals surface area contributed by atoms with E-state index >= 15 is 0 Å². The molecule has 6 nitrogen and oxygen atoms in total. The van der Waals surface area contributed by atoms with Gasteiger partial charge in [0.1, 0.15) is 11.5 Å². The Kier molecular flexibility index (Phi) is 5.25. The van der Waals surface area contributed by atoms with Gasteiger partial charge in [-0.15, -0.1) is 0 Å². The monoisotopic (exact) mass is 307 g/mol. The molecule has 6 heteroatoms. The van der Waals surface area contributed by atoms with Crippen molar-refractivity contribution in [3.63, 3.8) is 0 Å². The van der Waals surface area contributed by atoms with Crippen LogP contribution in [-0.2, 0) is 4.79 Å². The molecular weight excluding hydrogens is 286 g/mol. The van der Waals surface area contributed by atoms with Crippen LogP contribution in [0.1, 0.15) is 29.6 Å². The number of ether oxygens (including phenoxy) is 2. The Labute approximate surface area is 129 Å². The molecule has 0 atom stereocenters. The lowest BCUT2D eigenvalue weighted by molar-refractivity contribution is -0.138. The molecule has 1 amide bonds. The van der Waals surface area contributed by atoms with Gasteiger partial charge in [-0.2, -0.15) is 0 Å². The number of likely N-dealkylation sites (tertiary alicyclic amines) is 1. The van der Waals surface area contributed by atoms with Gasteiger partial charge >= 0.3 is 5.97 Å². The van der Waals surface area contributed by atoms with Gasteiger partial charge in [0.2, 0.25) is 0 Å². The molecule has 1 aliphatic heterocycles. The number of carboxylic acid groups (broad SMARTS) is 1. The van der Waals surface area contributed by atoms with Crippen molar-refractivity contribution in [1.82, 2.24) is 4.90 Å². The zero-order valence-electron chi connectivity index (χ0n) is 12.9. The molecule has 1 aliphatic rings. The number of carbonyl (C=O) groups is 2. The normalized spacial score (nSPS) is 15.5. The van der Waals surface area contributed by atoms with E-state index < -0.39 is 5.97 Å². The first-order valence-electron chi connectivity index (χ1n) is 7.28. The molecule has 120 valence electrons. The second kappa shape index (κ2) is 7.15. The smallest absolute Gasteiger partial charge is 0.303 e. The van der Waals surface area contributed by atoms with Gasteiger partial charge in [0, 0.05) is 25.6 Å². The molecule has 0 unspecified atom stereocenters. The predicted octanol–water partition coefficient (Wildman–Crippen LogP) is 2.03. The van der Waals surface area contributed by atoms with Gasteiger partial charge in [0.25, 0.3) is 5.91 Å². The van der Waals surface area contributed by atoms with Crippen LogP contribution in [0.2, 0.25) is 0 Å². The topological polar surface area (TPSA) is 76.1 Å². The fourth-order valence-electron chi connectivity index (χ4n) is 2.73. The third-order valence-electron chi connectivity index (χ3n) is 4.00. The lowest BCUT2D eigenvalue weighted by Gasteiger charge is -2.31. The maximum absolute atomic E-state index is 12.6. The maximum atomic E-state index is 12.6. The van der Waals surface area contributed by atoms with E-state index in [2.05, 4.69) is 0 Å². The summed E-state index contributed by atoms with van der Waals surface area (Å²) in [6.45, 7) is 1.15. The summed E-state index contributed by atoms with van der Waals surface area (Å²) in [5.74, 6) is 0.403. The Balaban J connectivity index is 2.05. The van der Waals surface area contributed by atoms with Crippen molar-refractivity contribution in [2.45, 2.75) is 19.3 Å². The van der Waals surface area contributed by atoms with Gasteiger partial charge in [-0.05, 0) is 30.9 Å². The van der Waals surface area contributed by atoms with Crippen LogP contribution < -0.4 is 9.47 Å². The van der Waals surface area contributed by atoms with Crippen LogP contribution in [0.3, 0.4) is 0 Å². The van der Waals surface area contributed by atoms with Gasteiger partial charge < -0.3 is 19.5 Å². The molecular formula is C16H21NO5. The number of benzene rings is 1. The standard InChI is InChI=1S/C16H21NO5/c1-21-12-3-4-13(14(10-12)22-2)16(20)17-7-5-11(6-8-17)9-15(18)19/h3-4,10-11H,5-9H2,1-2H3,(H,18,19). The van der Waals surface area contributed by atoms with Gasteiger partial charge in [0.05, 0.1) is 19.8 Å². The summed E-state index contributed by atoms with van der Waals surface area (Å²) in [6.07, 6.45) is 1.61. The van der Waals surface area contributed by atoms with Crippen LogP contribution >= 0.6 is 0 Å². The summed E-state index contributed by atoms with van der Waals surface area (Å²) >= 11 is 0. The average molecular weight is 307 g/mol. The number of piperidine rings is 1. The van der Waals surface area contributed by atoms with E-state index in [4.69, 9.17) is 14.6 Å². The van der Waals surface area contributed by atoms with Gasteiger partial charge in [0.15, 0.2) is 0 Å². The van der Waals surface area contributed by atoms with Crippen molar-refractivity contribution in [3.05, 3.63) is 23.8 Å². The predicted molar refractivity (Wildman–Crippen MR) is 80.4 cm³/mol. The number of aliphatic carboxylic acids is 1. The quantitative estimate of drug-likeness (QED) is 0.900.